The summed E-state index contributed by atoms with van der Waals surface area (Å²) in [4.78, 5) is 20.2. The standard InChI is InChI=1S/C31H47N5O3S/c1-23(2)35-12-14-36(15-13-35)26-7-5-6-24(20-26)29-22-31(3,4)27-21-25(8-9-28(27)33-29)30(37)32-10-11-34-16-18-40(38,39)19-17-34/h5-9,20-21,23,29,33,38-39H,10-19,22H2,1-4H3,(H,32,37). The highest BCUT2D eigenvalue weighted by Crippen LogP contribution is 2.45. The molecule has 3 heterocycles. The summed E-state index contributed by atoms with van der Waals surface area (Å²) in [6, 6.07) is 15.8. The van der Waals surface area contributed by atoms with E-state index in [1.54, 1.807) is 0 Å². The first kappa shape index (κ1) is 29.2. The molecule has 8 nitrogen and oxygen atoms in total. The average Bonchev–Trinajstić information content (AvgIpc) is 2.93. The molecule has 4 N–H and O–H groups in total. The Balaban J connectivity index is 1.21. The third-order valence-corrected chi connectivity index (χ3v) is 10.6. The third kappa shape index (κ3) is 6.77. The predicted octanol–water partition coefficient (Wildman–Crippen LogP) is 4.85. The number of piperazine rings is 1. The van der Waals surface area contributed by atoms with Crippen molar-refractivity contribution in [2.45, 2.75) is 51.6 Å². The highest BCUT2D eigenvalue weighted by Gasteiger charge is 2.34. The van der Waals surface area contributed by atoms with E-state index in [0.717, 1.165) is 38.3 Å². The Bertz CT molecular complexity index is 1190. The van der Waals surface area contributed by atoms with Crippen LogP contribution >= 0.6 is 10.6 Å². The van der Waals surface area contributed by atoms with Crippen LogP contribution in [0.25, 0.3) is 0 Å². The molecule has 2 fully saturated rings. The van der Waals surface area contributed by atoms with Crippen molar-refractivity contribution in [2.24, 2.45) is 0 Å². The summed E-state index contributed by atoms with van der Waals surface area (Å²) in [5.41, 5.74) is 5.49. The lowest BCUT2D eigenvalue weighted by Gasteiger charge is -2.41. The van der Waals surface area contributed by atoms with Crippen molar-refractivity contribution in [3.8, 4) is 0 Å². The van der Waals surface area contributed by atoms with E-state index in [4.69, 9.17) is 0 Å². The van der Waals surface area contributed by atoms with Crippen LogP contribution in [-0.2, 0) is 5.41 Å². The third-order valence-electron chi connectivity index (χ3n) is 8.92. The molecule has 2 aromatic rings. The Labute approximate surface area is 241 Å². The topological polar surface area (TPSA) is 91.3 Å². The second kappa shape index (κ2) is 11.9. The number of rotatable bonds is 7. The molecule has 0 aromatic heterocycles. The Hall–Kier alpha value is -2.30. The molecule has 1 unspecified atom stereocenters. The summed E-state index contributed by atoms with van der Waals surface area (Å²) >= 11 is 0. The number of carbonyl (C=O) groups is 1. The summed E-state index contributed by atoms with van der Waals surface area (Å²) in [6.07, 6.45) is 0.948. The first-order valence-corrected chi connectivity index (χ1v) is 16.6. The second-order valence-electron chi connectivity index (χ2n) is 12.6. The van der Waals surface area contributed by atoms with Gasteiger partial charge >= 0.3 is 0 Å². The molecule has 1 atom stereocenters. The molecular formula is C31H47N5O3S. The summed E-state index contributed by atoms with van der Waals surface area (Å²) in [5, 5.41) is 6.83. The number of hydrogen-bond acceptors (Lipinski definition) is 7. The molecule has 3 aliphatic rings. The summed E-state index contributed by atoms with van der Waals surface area (Å²) in [5.74, 6) is 0.787. The monoisotopic (exact) mass is 569 g/mol. The van der Waals surface area contributed by atoms with Gasteiger partial charge in [0.2, 0.25) is 0 Å². The van der Waals surface area contributed by atoms with Gasteiger partial charge < -0.3 is 15.5 Å². The first-order chi connectivity index (χ1) is 19.0. The van der Waals surface area contributed by atoms with Gasteiger partial charge in [0.1, 0.15) is 0 Å². The molecule has 0 bridgehead atoms. The predicted molar refractivity (Wildman–Crippen MR) is 167 cm³/mol. The van der Waals surface area contributed by atoms with Gasteiger partial charge in [0, 0.05) is 75.3 Å². The van der Waals surface area contributed by atoms with Gasteiger partial charge in [-0.25, -0.2) is 0 Å². The van der Waals surface area contributed by atoms with E-state index in [-0.39, 0.29) is 17.4 Å². The van der Waals surface area contributed by atoms with Crippen LogP contribution < -0.4 is 15.5 Å². The van der Waals surface area contributed by atoms with Crippen molar-refractivity contribution in [2.75, 3.05) is 74.1 Å². The van der Waals surface area contributed by atoms with Gasteiger partial charge in [0.15, 0.2) is 0 Å². The maximum atomic E-state index is 13.0. The Morgan fingerprint density at radius 1 is 1.05 bits per heavy atom. The lowest BCUT2D eigenvalue weighted by atomic mass is 9.73. The molecule has 0 radical (unpaired) electrons. The van der Waals surface area contributed by atoms with Crippen molar-refractivity contribution in [1.29, 1.82) is 0 Å². The molecule has 0 aliphatic carbocycles. The fourth-order valence-corrected chi connectivity index (χ4v) is 7.59. The van der Waals surface area contributed by atoms with Crippen LogP contribution in [0.15, 0.2) is 42.5 Å². The minimum atomic E-state index is -2.39. The molecule has 9 heteroatoms. The maximum absolute atomic E-state index is 13.0. The molecule has 2 aromatic carbocycles. The van der Waals surface area contributed by atoms with Gasteiger partial charge in [-0.2, -0.15) is 10.6 Å². The number of anilines is 2. The van der Waals surface area contributed by atoms with E-state index in [9.17, 15) is 13.9 Å². The SMILES string of the molecule is CC(C)N1CCN(c2cccc(C3CC(C)(C)c4cc(C(=O)NCCN5CCS(O)(O)CC5)ccc4N3)c2)CC1. The number of fused-ring (bicyclic) bond motifs is 1. The van der Waals surface area contributed by atoms with Crippen molar-refractivity contribution >= 4 is 27.9 Å². The van der Waals surface area contributed by atoms with Crippen molar-refractivity contribution in [3.63, 3.8) is 0 Å². The number of nitrogens with zero attached hydrogens (tertiary/aromatic N) is 3. The van der Waals surface area contributed by atoms with Crippen molar-refractivity contribution in [3.05, 3.63) is 59.2 Å². The van der Waals surface area contributed by atoms with Gasteiger partial charge in [-0.15, -0.1) is 0 Å². The van der Waals surface area contributed by atoms with Crippen LogP contribution in [-0.4, -0.2) is 94.7 Å². The molecule has 3 aliphatic heterocycles. The van der Waals surface area contributed by atoms with Gasteiger partial charge in [-0.05, 0) is 67.1 Å². The number of hydrogen-bond donors (Lipinski definition) is 4. The van der Waals surface area contributed by atoms with E-state index in [0.29, 0.717) is 49.3 Å². The Morgan fingerprint density at radius 3 is 2.48 bits per heavy atom. The minimum Gasteiger partial charge on any atom is -0.378 e. The molecule has 40 heavy (non-hydrogen) atoms. The van der Waals surface area contributed by atoms with Crippen LogP contribution in [0, 0.1) is 0 Å². The minimum absolute atomic E-state index is 0.0627. The molecule has 0 spiro atoms. The molecule has 1 amide bonds. The van der Waals surface area contributed by atoms with E-state index in [1.807, 2.05) is 6.07 Å². The van der Waals surface area contributed by atoms with Crippen LogP contribution in [0.3, 0.4) is 0 Å². The van der Waals surface area contributed by atoms with Crippen LogP contribution in [0.4, 0.5) is 11.4 Å². The van der Waals surface area contributed by atoms with E-state index >= 15 is 0 Å². The first-order valence-electron chi connectivity index (χ1n) is 14.7. The molecule has 5 rings (SSSR count). The van der Waals surface area contributed by atoms with Crippen LogP contribution in [0.2, 0.25) is 0 Å². The zero-order chi connectivity index (χ0) is 28.5. The Morgan fingerprint density at radius 2 is 1.77 bits per heavy atom. The maximum Gasteiger partial charge on any atom is 0.251 e. The lowest BCUT2D eigenvalue weighted by molar-refractivity contribution is 0.0948. The van der Waals surface area contributed by atoms with Gasteiger partial charge in [0.25, 0.3) is 5.91 Å². The van der Waals surface area contributed by atoms with Crippen LogP contribution in [0.5, 0.6) is 0 Å². The van der Waals surface area contributed by atoms with E-state index < -0.39 is 10.6 Å². The summed E-state index contributed by atoms with van der Waals surface area (Å²) in [6.45, 7) is 16.0. The summed E-state index contributed by atoms with van der Waals surface area (Å²) in [7, 11) is -2.39. The second-order valence-corrected chi connectivity index (χ2v) is 15.0. The molecule has 0 saturated carbocycles. The number of amides is 1. The number of benzene rings is 2. The fourth-order valence-electron chi connectivity index (χ4n) is 6.28. The summed E-state index contributed by atoms with van der Waals surface area (Å²) < 4.78 is 19.6. The fraction of sp³-hybridized carbons (Fsp3) is 0.581. The van der Waals surface area contributed by atoms with E-state index in [2.05, 4.69) is 89.4 Å². The van der Waals surface area contributed by atoms with Gasteiger partial charge in [-0.3, -0.25) is 23.7 Å². The Kier molecular flexibility index (Phi) is 8.69. The lowest BCUT2D eigenvalue weighted by Crippen LogP contribution is -2.48. The smallest absolute Gasteiger partial charge is 0.251 e. The quantitative estimate of drug-likeness (QED) is 0.379. The number of nitrogens with one attached hydrogen (secondary N) is 2. The number of carbonyl (C=O) groups excluding carboxylic acids is 1. The normalized spacial score (nSPS) is 23.8. The zero-order valence-electron chi connectivity index (χ0n) is 24.5. The molecular weight excluding hydrogens is 522 g/mol. The van der Waals surface area contributed by atoms with E-state index in [1.165, 1.54) is 16.8 Å². The highest BCUT2D eigenvalue weighted by atomic mass is 32.3. The largest absolute Gasteiger partial charge is 0.378 e. The van der Waals surface area contributed by atoms with Gasteiger partial charge in [0.05, 0.1) is 17.5 Å². The average molecular weight is 570 g/mol. The van der Waals surface area contributed by atoms with Crippen molar-refractivity contribution in [1.82, 2.24) is 15.1 Å². The molecule has 220 valence electrons. The molecule has 2 saturated heterocycles. The van der Waals surface area contributed by atoms with Gasteiger partial charge in [-0.1, -0.05) is 26.0 Å². The zero-order valence-corrected chi connectivity index (χ0v) is 25.3. The van der Waals surface area contributed by atoms with Crippen molar-refractivity contribution < 1.29 is 13.9 Å². The van der Waals surface area contributed by atoms with Crippen LogP contribution in [0.1, 0.15) is 61.6 Å². The highest BCUT2D eigenvalue weighted by molar-refractivity contribution is 8.24.